The number of hydrogen-bond acceptors (Lipinski definition) is 0. The fourth-order valence-electron chi connectivity index (χ4n) is 1.81. The molecule has 0 amide bonds. The van der Waals surface area contributed by atoms with Crippen LogP contribution < -0.4 is 0 Å². The largest absolute Gasteiger partial charge is 0.207 e. The van der Waals surface area contributed by atoms with Gasteiger partial charge in [-0.15, -0.1) is 11.6 Å². The average molecular weight is 261 g/mol. The first kappa shape index (κ1) is 14.4. The zero-order chi connectivity index (χ0) is 12.8. The molecule has 0 heterocycles. The number of halogens is 3. The van der Waals surface area contributed by atoms with E-state index < -0.39 is 11.2 Å². The molecule has 3 heteroatoms. The Morgan fingerprint density at radius 1 is 1.12 bits per heavy atom. The van der Waals surface area contributed by atoms with Gasteiger partial charge < -0.3 is 0 Å². The van der Waals surface area contributed by atoms with E-state index in [2.05, 4.69) is 6.92 Å². The molecule has 17 heavy (non-hydrogen) atoms. The van der Waals surface area contributed by atoms with E-state index >= 15 is 0 Å². The van der Waals surface area contributed by atoms with Crippen molar-refractivity contribution in [1.29, 1.82) is 0 Å². The summed E-state index contributed by atoms with van der Waals surface area (Å²) in [7, 11) is 0. The summed E-state index contributed by atoms with van der Waals surface area (Å²) in [5, 5.41) is -0.429. The predicted octanol–water partition coefficient (Wildman–Crippen LogP) is 5.52. The van der Waals surface area contributed by atoms with Crippen LogP contribution in [0, 0.1) is 18.6 Å². The lowest BCUT2D eigenvalue weighted by Gasteiger charge is -2.12. The smallest absolute Gasteiger partial charge is 0.128 e. The number of aryl methyl sites for hydroxylation is 1. The molecule has 0 aliphatic carbocycles. The number of alkyl halides is 1. The molecule has 1 atom stereocenters. The van der Waals surface area contributed by atoms with Crippen molar-refractivity contribution in [1.82, 2.24) is 0 Å². The molecule has 1 aromatic carbocycles. The Balaban J connectivity index is 2.62. The molecule has 0 aromatic heterocycles. The quantitative estimate of drug-likeness (QED) is 0.466. The number of unbranched alkanes of at least 4 members (excludes halogenated alkanes) is 3. The molecule has 1 unspecified atom stereocenters. The van der Waals surface area contributed by atoms with Gasteiger partial charge in [-0.2, -0.15) is 0 Å². The molecule has 0 aliphatic rings. The Kier molecular flexibility index (Phi) is 5.90. The molecule has 0 spiro atoms. The SMILES string of the molecule is CCCCCCC(Cl)c1cc(F)c(C)cc1F. The van der Waals surface area contributed by atoms with Gasteiger partial charge in [0.1, 0.15) is 11.6 Å². The Morgan fingerprint density at radius 3 is 2.47 bits per heavy atom. The summed E-state index contributed by atoms with van der Waals surface area (Å²) in [4.78, 5) is 0. The fourth-order valence-corrected chi connectivity index (χ4v) is 2.13. The van der Waals surface area contributed by atoms with Gasteiger partial charge in [-0.3, -0.25) is 0 Å². The van der Waals surface area contributed by atoms with Crippen LogP contribution in [-0.4, -0.2) is 0 Å². The summed E-state index contributed by atoms with van der Waals surface area (Å²) < 4.78 is 26.9. The van der Waals surface area contributed by atoms with E-state index in [4.69, 9.17) is 11.6 Å². The third kappa shape index (κ3) is 4.27. The van der Waals surface area contributed by atoms with Crippen LogP contribution in [0.2, 0.25) is 0 Å². The molecule has 96 valence electrons. The first-order valence-electron chi connectivity index (χ1n) is 6.15. The molecule has 0 saturated carbocycles. The van der Waals surface area contributed by atoms with Gasteiger partial charge in [-0.1, -0.05) is 32.6 Å². The van der Waals surface area contributed by atoms with E-state index in [1.165, 1.54) is 12.1 Å². The molecule has 1 aromatic rings. The number of rotatable bonds is 6. The van der Waals surface area contributed by atoms with Gasteiger partial charge in [-0.05, 0) is 31.0 Å². The van der Waals surface area contributed by atoms with Crippen molar-refractivity contribution in [2.75, 3.05) is 0 Å². The first-order chi connectivity index (χ1) is 8.06. The topological polar surface area (TPSA) is 0 Å². The summed E-state index contributed by atoms with van der Waals surface area (Å²) in [5.41, 5.74) is 0.604. The highest BCUT2D eigenvalue weighted by atomic mass is 35.5. The lowest BCUT2D eigenvalue weighted by atomic mass is 10.0. The molecule has 0 N–H and O–H groups in total. The molecule has 0 radical (unpaired) electrons. The fraction of sp³-hybridized carbons (Fsp3) is 0.571. The Hall–Kier alpha value is -0.630. The second-order valence-corrected chi connectivity index (χ2v) is 4.97. The first-order valence-corrected chi connectivity index (χ1v) is 6.59. The van der Waals surface area contributed by atoms with E-state index in [1.54, 1.807) is 6.92 Å². The van der Waals surface area contributed by atoms with Crippen molar-refractivity contribution < 1.29 is 8.78 Å². The van der Waals surface area contributed by atoms with Gasteiger partial charge in [0.15, 0.2) is 0 Å². The summed E-state index contributed by atoms with van der Waals surface area (Å²) in [6.45, 7) is 3.68. The van der Waals surface area contributed by atoms with Gasteiger partial charge in [0.2, 0.25) is 0 Å². The summed E-state index contributed by atoms with van der Waals surface area (Å²) in [5.74, 6) is -0.792. The molecule has 0 nitrogen and oxygen atoms in total. The van der Waals surface area contributed by atoms with Gasteiger partial charge in [-0.25, -0.2) is 8.78 Å². The van der Waals surface area contributed by atoms with Gasteiger partial charge in [0.05, 0.1) is 5.38 Å². The van der Waals surface area contributed by atoms with E-state index in [9.17, 15) is 8.78 Å². The van der Waals surface area contributed by atoms with Gasteiger partial charge >= 0.3 is 0 Å². The number of benzene rings is 1. The van der Waals surface area contributed by atoms with Gasteiger partial charge in [0, 0.05) is 5.56 Å². The van der Waals surface area contributed by atoms with Crippen LogP contribution in [0.15, 0.2) is 12.1 Å². The van der Waals surface area contributed by atoms with Crippen LogP contribution in [0.5, 0.6) is 0 Å². The van der Waals surface area contributed by atoms with Crippen molar-refractivity contribution in [3.8, 4) is 0 Å². The zero-order valence-corrected chi connectivity index (χ0v) is 11.2. The van der Waals surface area contributed by atoms with E-state index in [0.29, 0.717) is 12.0 Å². The average Bonchev–Trinajstić information content (AvgIpc) is 2.29. The molecule has 0 fully saturated rings. The second-order valence-electron chi connectivity index (χ2n) is 4.44. The molecule has 0 saturated heterocycles. The minimum atomic E-state index is -0.429. The van der Waals surface area contributed by atoms with Crippen molar-refractivity contribution in [3.63, 3.8) is 0 Å². The van der Waals surface area contributed by atoms with Crippen LogP contribution in [0.1, 0.15) is 55.5 Å². The molecular formula is C14H19ClF2. The Morgan fingerprint density at radius 2 is 1.82 bits per heavy atom. The monoisotopic (exact) mass is 260 g/mol. The normalized spacial score (nSPS) is 12.8. The van der Waals surface area contributed by atoms with Crippen molar-refractivity contribution in [2.45, 2.75) is 51.3 Å². The Bertz CT molecular complexity index is 363. The van der Waals surface area contributed by atoms with E-state index in [-0.39, 0.29) is 11.4 Å². The highest BCUT2D eigenvalue weighted by molar-refractivity contribution is 6.20. The Labute approximate surface area is 107 Å². The third-order valence-electron chi connectivity index (χ3n) is 2.93. The number of hydrogen-bond donors (Lipinski definition) is 0. The molecular weight excluding hydrogens is 242 g/mol. The maximum atomic E-state index is 13.6. The molecule has 0 bridgehead atoms. The summed E-state index contributed by atoms with van der Waals surface area (Å²) >= 11 is 6.11. The minimum absolute atomic E-state index is 0.284. The van der Waals surface area contributed by atoms with Crippen molar-refractivity contribution in [2.24, 2.45) is 0 Å². The van der Waals surface area contributed by atoms with Crippen LogP contribution in [-0.2, 0) is 0 Å². The summed E-state index contributed by atoms with van der Waals surface area (Å²) in [6.07, 6.45) is 5.06. The standard InChI is InChI=1S/C14H19ClF2/c1-3-4-5-6-7-12(15)11-9-13(16)10(2)8-14(11)17/h8-9,12H,3-7H2,1-2H3. The molecule has 1 rings (SSSR count). The predicted molar refractivity (Wildman–Crippen MR) is 68.4 cm³/mol. The van der Waals surface area contributed by atoms with Crippen LogP contribution in [0.4, 0.5) is 8.78 Å². The zero-order valence-electron chi connectivity index (χ0n) is 10.4. The summed E-state index contributed by atoms with van der Waals surface area (Å²) in [6, 6.07) is 2.44. The van der Waals surface area contributed by atoms with Crippen LogP contribution in [0.3, 0.4) is 0 Å². The highest BCUT2D eigenvalue weighted by Gasteiger charge is 2.15. The van der Waals surface area contributed by atoms with Gasteiger partial charge in [0.25, 0.3) is 0 Å². The van der Waals surface area contributed by atoms with Crippen molar-refractivity contribution in [3.05, 3.63) is 34.9 Å². The van der Waals surface area contributed by atoms with E-state index in [1.807, 2.05) is 0 Å². The lowest BCUT2D eigenvalue weighted by molar-refractivity contribution is 0.561. The highest BCUT2D eigenvalue weighted by Crippen LogP contribution is 2.30. The maximum Gasteiger partial charge on any atom is 0.128 e. The second kappa shape index (κ2) is 6.95. The van der Waals surface area contributed by atoms with Crippen LogP contribution >= 0.6 is 11.6 Å². The third-order valence-corrected chi connectivity index (χ3v) is 3.38. The maximum absolute atomic E-state index is 13.6. The van der Waals surface area contributed by atoms with E-state index in [0.717, 1.165) is 25.7 Å². The van der Waals surface area contributed by atoms with Crippen LogP contribution in [0.25, 0.3) is 0 Å². The lowest BCUT2D eigenvalue weighted by Crippen LogP contribution is -1.98. The minimum Gasteiger partial charge on any atom is -0.207 e. The molecule has 0 aliphatic heterocycles. The van der Waals surface area contributed by atoms with Crippen molar-refractivity contribution >= 4 is 11.6 Å².